The molecule has 0 radical (unpaired) electrons. The number of ether oxygens (including phenoxy) is 1. The van der Waals surface area contributed by atoms with Crippen LogP contribution in [0, 0.1) is 17.8 Å². The van der Waals surface area contributed by atoms with Crippen LogP contribution in [0.5, 0.6) is 0 Å². The molecule has 2 heteroatoms. The van der Waals surface area contributed by atoms with Gasteiger partial charge in [0.05, 0.1) is 6.61 Å². The Morgan fingerprint density at radius 2 is 1.42 bits per heavy atom. The van der Waals surface area contributed by atoms with Crippen LogP contribution in [0.15, 0.2) is 0 Å². The van der Waals surface area contributed by atoms with Crippen LogP contribution in [0.1, 0.15) is 110 Å². The molecule has 2 aliphatic carbocycles. The molecule has 0 amide bonds. The first-order valence-electron chi connectivity index (χ1n) is 10.9. The van der Waals surface area contributed by atoms with E-state index in [-0.39, 0.29) is 5.97 Å². The zero-order valence-corrected chi connectivity index (χ0v) is 16.1. The van der Waals surface area contributed by atoms with Crippen LogP contribution in [0.3, 0.4) is 0 Å². The van der Waals surface area contributed by atoms with E-state index in [2.05, 4.69) is 6.92 Å². The van der Waals surface area contributed by atoms with Gasteiger partial charge in [0.1, 0.15) is 0 Å². The molecule has 0 bridgehead atoms. The van der Waals surface area contributed by atoms with E-state index in [1.54, 1.807) is 0 Å². The van der Waals surface area contributed by atoms with Gasteiger partial charge in [-0.25, -0.2) is 0 Å². The van der Waals surface area contributed by atoms with Crippen LogP contribution >= 0.6 is 0 Å². The summed E-state index contributed by atoms with van der Waals surface area (Å²) in [5, 5.41) is 0. The molecule has 24 heavy (non-hydrogen) atoms. The zero-order valence-electron chi connectivity index (χ0n) is 16.1. The van der Waals surface area contributed by atoms with Gasteiger partial charge >= 0.3 is 5.97 Å². The summed E-state index contributed by atoms with van der Waals surface area (Å²) in [7, 11) is 0. The van der Waals surface area contributed by atoms with Crippen LogP contribution in [0.4, 0.5) is 0 Å². The van der Waals surface area contributed by atoms with E-state index in [0.717, 1.165) is 18.3 Å². The van der Waals surface area contributed by atoms with Crippen molar-refractivity contribution in [2.45, 2.75) is 110 Å². The average Bonchev–Trinajstić information content (AvgIpc) is 2.62. The van der Waals surface area contributed by atoms with Gasteiger partial charge in [-0.15, -0.1) is 0 Å². The largest absolute Gasteiger partial charge is 0.466 e. The van der Waals surface area contributed by atoms with Crippen molar-refractivity contribution in [1.29, 1.82) is 0 Å². The molecule has 2 nitrogen and oxygen atoms in total. The molecule has 2 saturated carbocycles. The maximum atomic E-state index is 12.0. The monoisotopic (exact) mass is 336 g/mol. The first-order chi connectivity index (χ1) is 11.8. The normalized spacial score (nSPS) is 25.5. The lowest BCUT2D eigenvalue weighted by Crippen LogP contribution is -2.25. The topological polar surface area (TPSA) is 26.3 Å². The molecule has 0 saturated heterocycles. The van der Waals surface area contributed by atoms with Gasteiger partial charge in [-0.05, 0) is 49.9 Å². The SMILES string of the molecule is CCCCCCCCOC(=O)CC1CCC(C2CCCCC2)CC1. The standard InChI is InChI=1S/C22H40O2/c1-2-3-4-5-6-10-17-24-22(23)18-19-13-15-21(16-14-19)20-11-8-7-9-12-20/h19-21H,2-18H2,1H3. The van der Waals surface area contributed by atoms with Gasteiger partial charge in [-0.3, -0.25) is 4.79 Å². The van der Waals surface area contributed by atoms with E-state index in [9.17, 15) is 4.79 Å². The molecule has 0 aromatic carbocycles. The van der Waals surface area contributed by atoms with E-state index >= 15 is 0 Å². The smallest absolute Gasteiger partial charge is 0.306 e. The molecule has 140 valence electrons. The average molecular weight is 337 g/mol. The zero-order chi connectivity index (χ0) is 17.0. The van der Waals surface area contributed by atoms with Gasteiger partial charge in [-0.1, -0.05) is 71.1 Å². The van der Waals surface area contributed by atoms with E-state index in [4.69, 9.17) is 4.74 Å². The van der Waals surface area contributed by atoms with Crippen molar-refractivity contribution < 1.29 is 9.53 Å². The second-order valence-electron chi connectivity index (χ2n) is 8.37. The van der Waals surface area contributed by atoms with Crippen molar-refractivity contribution in [2.24, 2.45) is 17.8 Å². The molecule has 2 aliphatic rings. The molecule has 0 N–H and O–H groups in total. The Morgan fingerprint density at radius 3 is 2.12 bits per heavy atom. The van der Waals surface area contributed by atoms with Gasteiger partial charge in [0, 0.05) is 6.42 Å². The first-order valence-corrected chi connectivity index (χ1v) is 10.9. The van der Waals surface area contributed by atoms with Gasteiger partial charge in [0.25, 0.3) is 0 Å². The third kappa shape index (κ3) is 7.57. The highest BCUT2D eigenvalue weighted by atomic mass is 16.5. The molecule has 0 atom stereocenters. The summed E-state index contributed by atoms with van der Waals surface area (Å²) in [5.41, 5.74) is 0. The molecule has 0 heterocycles. The van der Waals surface area contributed by atoms with E-state index in [0.29, 0.717) is 18.9 Å². The van der Waals surface area contributed by atoms with E-state index in [1.165, 1.54) is 89.9 Å². The number of carbonyl (C=O) groups excluding carboxylic acids is 1. The molecule has 0 unspecified atom stereocenters. The Kier molecular flexibility index (Phi) is 9.83. The quantitative estimate of drug-likeness (QED) is 0.329. The highest BCUT2D eigenvalue weighted by Crippen LogP contribution is 2.40. The summed E-state index contributed by atoms with van der Waals surface area (Å²) in [6, 6.07) is 0. The number of hydrogen-bond donors (Lipinski definition) is 0. The molecule has 0 spiro atoms. The predicted molar refractivity (Wildman–Crippen MR) is 101 cm³/mol. The maximum absolute atomic E-state index is 12.0. The fourth-order valence-electron chi connectivity index (χ4n) is 4.83. The number of carbonyl (C=O) groups is 1. The van der Waals surface area contributed by atoms with E-state index in [1.807, 2.05) is 0 Å². The molecular formula is C22H40O2. The Morgan fingerprint density at radius 1 is 0.792 bits per heavy atom. The maximum Gasteiger partial charge on any atom is 0.306 e. The van der Waals surface area contributed by atoms with Crippen LogP contribution in [0.2, 0.25) is 0 Å². The number of hydrogen-bond acceptors (Lipinski definition) is 2. The van der Waals surface area contributed by atoms with Gasteiger partial charge in [-0.2, -0.15) is 0 Å². The fraction of sp³-hybridized carbons (Fsp3) is 0.955. The van der Waals surface area contributed by atoms with Crippen LogP contribution in [0.25, 0.3) is 0 Å². The summed E-state index contributed by atoms with van der Waals surface area (Å²) in [6.07, 6.45) is 20.7. The Labute approximate surface area is 150 Å². The molecule has 0 aromatic heterocycles. The minimum Gasteiger partial charge on any atom is -0.466 e. The number of rotatable bonds is 10. The van der Waals surface area contributed by atoms with Crippen LogP contribution in [-0.4, -0.2) is 12.6 Å². The molecular weight excluding hydrogens is 296 g/mol. The second kappa shape index (κ2) is 11.9. The van der Waals surface area contributed by atoms with Gasteiger partial charge < -0.3 is 4.74 Å². The third-order valence-corrected chi connectivity index (χ3v) is 6.42. The van der Waals surface area contributed by atoms with Crippen molar-refractivity contribution in [1.82, 2.24) is 0 Å². The predicted octanol–water partition coefficient (Wildman–Crippen LogP) is 6.67. The lowest BCUT2D eigenvalue weighted by molar-refractivity contribution is -0.145. The van der Waals surface area contributed by atoms with Crippen molar-refractivity contribution in [3.63, 3.8) is 0 Å². The first kappa shape index (κ1) is 19.8. The van der Waals surface area contributed by atoms with E-state index < -0.39 is 0 Å². The second-order valence-corrected chi connectivity index (χ2v) is 8.37. The molecule has 2 rings (SSSR count). The minimum atomic E-state index is 0.0599. The van der Waals surface area contributed by atoms with Crippen molar-refractivity contribution in [3.05, 3.63) is 0 Å². The highest BCUT2D eigenvalue weighted by molar-refractivity contribution is 5.69. The highest BCUT2D eigenvalue weighted by Gasteiger charge is 2.29. The fourth-order valence-corrected chi connectivity index (χ4v) is 4.83. The molecule has 2 fully saturated rings. The summed E-state index contributed by atoms with van der Waals surface area (Å²) in [5.74, 6) is 2.62. The van der Waals surface area contributed by atoms with Crippen molar-refractivity contribution in [3.8, 4) is 0 Å². The summed E-state index contributed by atoms with van der Waals surface area (Å²) < 4.78 is 5.46. The summed E-state index contributed by atoms with van der Waals surface area (Å²) >= 11 is 0. The Balaban J connectivity index is 1.49. The summed E-state index contributed by atoms with van der Waals surface area (Å²) in [6.45, 7) is 2.88. The third-order valence-electron chi connectivity index (χ3n) is 6.42. The summed E-state index contributed by atoms with van der Waals surface area (Å²) in [4.78, 5) is 12.0. The van der Waals surface area contributed by atoms with Gasteiger partial charge in [0.2, 0.25) is 0 Å². The van der Waals surface area contributed by atoms with Crippen molar-refractivity contribution >= 4 is 5.97 Å². The number of esters is 1. The van der Waals surface area contributed by atoms with Crippen LogP contribution in [-0.2, 0) is 9.53 Å². The number of unbranched alkanes of at least 4 members (excludes halogenated alkanes) is 5. The molecule has 0 aromatic rings. The Bertz CT molecular complexity index is 325. The minimum absolute atomic E-state index is 0.0599. The Hall–Kier alpha value is -0.530. The van der Waals surface area contributed by atoms with Gasteiger partial charge in [0.15, 0.2) is 0 Å². The lowest BCUT2D eigenvalue weighted by atomic mass is 9.70. The molecule has 0 aliphatic heterocycles. The van der Waals surface area contributed by atoms with Crippen molar-refractivity contribution in [2.75, 3.05) is 6.61 Å². The van der Waals surface area contributed by atoms with Crippen LogP contribution < -0.4 is 0 Å². The lowest BCUT2D eigenvalue weighted by Gasteiger charge is -2.35.